The van der Waals surface area contributed by atoms with Crippen molar-refractivity contribution in [2.75, 3.05) is 11.4 Å². The number of hydrogen-bond donors (Lipinski definition) is 1. The molecule has 0 atom stereocenters. The molecule has 2 amide bonds. The van der Waals surface area contributed by atoms with Crippen LogP contribution in [0.4, 0.5) is 5.69 Å². The second-order valence-corrected chi connectivity index (χ2v) is 5.49. The Morgan fingerprint density at radius 1 is 0.960 bits per heavy atom. The highest BCUT2D eigenvalue weighted by molar-refractivity contribution is 6.05. The van der Waals surface area contributed by atoms with Crippen LogP contribution >= 0.6 is 0 Å². The summed E-state index contributed by atoms with van der Waals surface area (Å²) in [6.45, 7) is 0.205. The predicted molar refractivity (Wildman–Crippen MR) is 95.5 cm³/mol. The topological polar surface area (TPSA) is 81.2 Å². The van der Waals surface area contributed by atoms with Crippen LogP contribution in [0, 0.1) is 0 Å². The van der Waals surface area contributed by atoms with E-state index in [2.05, 4.69) is 5.10 Å². The molecule has 0 spiro atoms. The van der Waals surface area contributed by atoms with Crippen LogP contribution in [-0.4, -0.2) is 28.1 Å². The first-order valence-corrected chi connectivity index (χ1v) is 7.91. The SMILES string of the molecule is NC(=O)CCN(C(=O)c1ccn(-c2ccccc2)n1)c1ccccc1. The normalized spacial score (nSPS) is 10.4. The van der Waals surface area contributed by atoms with Crippen LogP contribution in [0.25, 0.3) is 5.69 Å². The zero-order valence-corrected chi connectivity index (χ0v) is 13.6. The van der Waals surface area contributed by atoms with Crippen molar-refractivity contribution >= 4 is 17.5 Å². The molecule has 6 heteroatoms. The van der Waals surface area contributed by atoms with E-state index in [0.717, 1.165) is 5.69 Å². The molecule has 25 heavy (non-hydrogen) atoms. The highest BCUT2D eigenvalue weighted by Gasteiger charge is 2.20. The first kappa shape index (κ1) is 16.4. The third-order valence-electron chi connectivity index (χ3n) is 3.72. The van der Waals surface area contributed by atoms with Gasteiger partial charge in [0.15, 0.2) is 5.69 Å². The van der Waals surface area contributed by atoms with Crippen molar-refractivity contribution in [2.45, 2.75) is 6.42 Å². The number of carbonyl (C=O) groups excluding carboxylic acids is 2. The van der Waals surface area contributed by atoms with Crippen LogP contribution in [0.3, 0.4) is 0 Å². The van der Waals surface area contributed by atoms with Crippen LogP contribution < -0.4 is 10.6 Å². The maximum absolute atomic E-state index is 12.9. The molecule has 3 rings (SSSR count). The second kappa shape index (κ2) is 7.44. The molecule has 0 saturated heterocycles. The Balaban J connectivity index is 1.87. The minimum absolute atomic E-state index is 0.0834. The molecule has 0 fully saturated rings. The van der Waals surface area contributed by atoms with E-state index in [4.69, 9.17) is 5.73 Å². The van der Waals surface area contributed by atoms with E-state index in [-0.39, 0.29) is 18.9 Å². The summed E-state index contributed by atoms with van der Waals surface area (Å²) < 4.78 is 1.64. The number of benzene rings is 2. The summed E-state index contributed by atoms with van der Waals surface area (Å²) in [5.74, 6) is -0.731. The number of para-hydroxylation sites is 2. The van der Waals surface area contributed by atoms with Gasteiger partial charge in [-0.2, -0.15) is 5.10 Å². The van der Waals surface area contributed by atoms with E-state index >= 15 is 0 Å². The summed E-state index contributed by atoms with van der Waals surface area (Å²) in [5, 5.41) is 4.36. The lowest BCUT2D eigenvalue weighted by atomic mass is 10.2. The fourth-order valence-corrected chi connectivity index (χ4v) is 2.48. The summed E-state index contributed by atoms with van der Waals surface area (Å²) in [6.07, 6.45) is 1.82. The highest BCUT2D eigenvalue weighted by Crippen LogP contribution is 2.17. The largest absolute Gasteiger partial charge is 0.370 e. The van der Waals surface area contributed by atoms with Gasteiger partial charge in [0.2, 0.25) is 5.91 Å². The first-order valence-electron chi connectivity index (χ1n) is 7.91. The Hall–Kier alpha value is -3.41. The molecule has 1 aromatic heterocycles. The molecule has 1 heterocycles. The minimum atomic E-state index is -0.455. The predicted octanol–water partition coefficient (Wildman–Crippen LogP) is 2.39. The summed E-state index contributed by atoms with van der Waals surface area (Å²) in [4.78, 5) is 25.6. The number of anilines is 1. The average Bonchev–Trinajstić information content (AvgIpc) is 3.13. The van der Waals surface area contributed by atoms with Crippen molar-refractivity contribution < 1.29 is 9.59 Å². The van der Waals surface area contributed by atoms with E-state index in [1.807, 2.05) is 60.7 Å². The van der Waals surface area contributed by atoms with Crippen LogP contribution in [-0.2, 0) is 4.79 Å². The van der Waals surface area contributed by atoms with Gasteiger partial charge in [-0.25, -0.2) is 4.68 Å². The molecule has 0 aliphatic heterocycles. The maximum atomic E-state index is 12.9. The molecule has 3 aromatic rings. The Labute approximate surface area is 145 Å². The number of hydrogen-bond acceptors (Lipinski definition) is 3. The smallest absolute Gasteiger partial charge is 0.278 e. The van der Waals surface area contributed by atoms with E-state index in [1.165, 1.54) is 4.90 Å². The molecule has 0 unspecified atom stereocenters. The lowest BCUT2D eigenvalue weighted by Crippen LogP contribution is -2.34. The molecule has 0 bridgehead atoms. The molecule has 0 aliphatic rings. The number of aromatic nitrogens is 2. The van der Waals surface area contributed by atoms with Gasteiger partial charge in [-0.15, -0.1) is 0 Å². The molecule has 2 N–H and O–H groups in total. The first-order chi connectivity index (χ1) is 12.1. The van der Waals surface area contributed by atoms with E-state index in [0.29, 0.717) is 11.4 Å². The zero-order valence-electron chi connectivity index (χ0n) is 13.6. The lowest BCUT2D eigenvalue weighted by molar-refractivity contribution is -0.117. The fraction of sp³-hybridized carbons (Fsp3) is 0.105. The number of amides is 2. The zero-order chi connectivity index (χ0) is 17.6. The van der Waals surface area contributed by atoms with Gasteiger partial charge in [-0.05, 0) is 30.3 Å². The molecular formula is C19H18N4O2. The second-order valence-electron chi connectivity index (χ2n) is 5.49. The van der Waals surface area contributed by atoms with Crippen LogP contribution in [0.15, 0.2) is 72.9 Å². The van der Waals surface area contributed by atoms with E-state index < -0.39 is 5.91 Å². The molecule has 0 saturated carbocycles. The van der Waals surface area contributed by atoms with Gasteiger partial charge in [0, 0.05) is 24.8 Å². The van der Waals surface area contributed by atoms with Crippen molar-refractivity contribution in [3.63, 3.8) is 0 Å². The van der Waals surface area contributed by atoms with Crippen molar-refractivity contribution in [3.8, 4) is 5.69 Å². The lowest BCUT2D eigenvalue weighted by Gasteiger charge is -2.21. The Bertz CT molecular complexity index is 859. The third kappa shape index (κ3) is 3.92. The third-order valence-corrected chi connectivity index (χ3v) is 3.72. The summed E-state index contributed by atoms with van der Waals surface area (Å²) in [5.41, 5.74) is 7.11. The van der Waals surface area contributed by atoms with Crippen molar-refractivity contribution in [2.24, 2.45) is 5.73 Å². The van der Waals surface area contributed by atoms with Gasteiger partial charge in [0.1, 0.15) is 0 Å². The molecular weight excluding hydrogens is 316 g/mol. The van der Waals surface area contributed by atoms with Crippen molar-refractivity contribution in [1.82, 2.24) is 9.78 Å². The number of nitrogens with zero attached hydrogens (tertiary/aromatic N) is 3. The fourth-order valence-electron chi connectivity index (χ4n) is 2.48. The van der Waals surface area contributed by atoms with Gasteiger partial charge in [-0.3, -0.25) is 9.59 Å². The molecule has 0 radical (unpaired) electrons. The quantitative estimate of drug-likeness (QED) is 0.751. The molecule has 126 valence electrons. The molecule has 2 aromatic carbocycles. The van der Waals surface area contributed by atoms with Gasteiger partial charge < -0.3 is 10.6 Å². The number of nitrogens with two attached hydrogens (primary N) is 1. The van der Waals surface area contributed by atoms with Crippen molar-refractivity contribution in [3.05, 3.63) is 78.6 Å². The van der Waals surface area contributed by atoms with Crippen LogP contribution in [0.2, 0.25) is 0 Å². The molecule has 6 nitrogen and oxygen atoms in total. The standard InChI is InChI=1S/C19H18N4O2/c20-18(24)12-13-22(15-7-3-1-4-8-15)19(25)17-11-14-23(21-17)16-9-5-2-6-10-16/h1-11,14H,12-13H2,(H2,20,24). The minimum Gasteiger partial charge on any atom is -0.370 e. The highest BCUT2D eigenvalue weighted by atomic mass is 16.2. The van der Waals surface area contributed by atoms with Gasteiger partial charge in [-0.1, -0.05) is 36.4 Å². The van der Waals surface area contributed by atoms with Gasteiger partial charge in [0.05, 0.1) is 5.69 Å². The Morgan fingerprint density at radius 2 is 1.60 bits per heavy atom. The van der Waals surface area contributed by atoms with Gasteiger partial charge in [0.25, 0.3) is 5.91 Å². The summed E-state index contributed by atoms with van der Waals surface area (Å²) in [7, 11) is 0. The number of rotatable bonds is 6. The van der Waals surface area contributed by atoms with Crippen LogP contribution in [0.1, 0.15) is 16.9 Å². The number of primary amides is 1. The average molecular weight is 334 g/mol. The van der Waals surface area contributed by atoms with Gasteiger partial charge >= 0.3 is 0 Å². The Morgan fingerprint density at radius 3 is 2.24 bits per heavy atom. The van der Waals surface area contributed by atoms with Crippen LogP contribution in [0.5, 0.6) is 0 Å². The Kier molecular flexibility index (Phi) is 4.89. The summed E-state index contributed by atoms with van der Waals surface area (Å²) in [6, 6.07) is 20.4. The van der Waals surface area contributed by atoms with E-state index in [9.17, 15) is 9.59 Å². The van der Waals surface area contributed by atoms with Crippen molar-refractivity contribution in [1.29, 1.82) is 0 Å². The monoisotopic (exact) mass is 334 g/mol. The molecule has 0 aliphatic carbocycles. The summed E-state index contributed by atoms with van der Waals surface area (Å²) >= 11 is 0. The van der Waals surface area contributed by atoms with E-state index in [1.54, 1.807) is 16.9 Å². The maximum Gasteiger partial charge on any atom is 0.278 e. The number of carbonyl (C=O) groups is 2.